The monoisotopic (exact) mass is 363 g/mol. The smallest absolute Gasteiger partial charge is 0.225 e. The van der Waals surface area contributed by atoms with E-state index in [1.165, 1.54) is 48.5 Å². The predicted octanol–water partition coefficient (Wildman–Crippen LogP) is 4.09. The highest BCUT2D eigenvalue weighted by Gasteiger charge is 2.14. The fourth-order valence-electron chi connectivity index (χ4n) is 2.48. The summed E-state index contributed by atoms with van der Waals surface area (Å²) < 4.78 is 63.2. The van der Waals surface area contributed by atoms with Gasteiger partial charge in [-0.3, -0.25) is 0 Å². The molecule has 0 amide bonds. The lowest BCUT2D eigenvalue weighted by Gasteiger charge is -2.12. The minimum absolute atomic E-state index is 0.0952. The largest absolute Gasteiger partial charge is 0.238 e. The van der Waals surface area contributed by atoms with E-state index in [4.69, 9.17) is 5.14 Å². The maximum atomic E-state index is 13.7. The Kier molecular flexibility index (Phi) is 4.36. The van der Waals surface area contributed by atoms with E-state index in [-0.39, 0.29) is 4.90 Å². The van der Waals surface area contributed by atoms with Gasteiger partial charge in [0, 0.05) is 0 Å². The Morgan fingerprint density at radius 2 is 1.08 bits per heavy atom. The lowest BCUT2D eigenvalue weighted by Crippen LogP contribution is -2.11. The van der Waals surface area contributed by atoms with Crippen molar-refractivity contribution in [3.05, 3.63) is 78.1 Å². The van der Waals surface area contributed by atoms with Gasteiger partial charge in [0.05, 0.1) is 4.90 Å². The molecule has 0 aromatic heterocycles. The second-order valence-corrected chi connectivity index (χ2v) is 6.95. The summed E-state index contributed by atoms with van der Waals surface area (Å²) >= 11 is 0. The molecule has 0 bridgehead atoms. The molecule has 0 radical (unpaired) electrons. The fourth-order valence-corrected chi connectivity index (χ4v) is 2.99. The van der Waals surface area contributed by atoms with E-state index in [9.17, 15) is 21.6 Å². The normalized spacial score (nSPS) is 11.5. The Labute approximate surface area is 142 Å². The molecule has 0 spiro atoms. The van der Waals surface area contributed by atoms with Crippen molar-refractivity contribution in [1.82, 2.24) is 0 Å². The van der Waals surface area contributed by atoms with Crippen molar-refractivity contribution in [3.8, 4) is 22.3 Å². The van der Waals surface area contributed by atoms with Crippen molar-refractivity contribution in [2.24, 2.45) is 5.14 Å². The second kappa shape index (κ2) is 6.34. The summed E-state index contributed by atoms with van der Waals surface area (Å²) in [5.74, 6) is -2.54. The summed E-state index contributed by atoms with van der Waals surface area (Å²) in [5, 5.41) is 5.05. The summed E-state index contributed by atoms with van der Waals surface area (Å²) in [6, 6.07) is 12.8. The fraction of sp³-hybridized carbons (Fsp3) is 0. The Morgan fingerprint density at radius 3 is 1.48 bits per heavy atom. The Bertz CT molecular complexity index is 1030. The number of primary sulfonamides is 1. The van der Waals surface area contributed by atoms with Crippen molar-refractivity contribution < 1.29 is 21.6 Å². The summed E-state index contributed by atoms with van der Waals surface area (Å²) in [6.07, 6.45) is 0. The molecule has 0 heterocycles. The lowest BCUT2D eigenvalue weighted by molar-refractivity contribution is 0.509. The van der Waals surface area contributed by atoms with Gasteiger partial charge >= 0.3 is 0 Å². The van der Waals surface area contributed by atoms with E-state index < -0.39 is 27.5 Å². The summed E-state index contributed by atoms with van der Waals surface area (Å²) in [4.78, 5) is -0.0952. The van der Waals surface area contributed by atoms with Gasteiger partial charge in [0.25, 0.3) is 0 Å². The van der Waals surface area contributed by atoms with Crippen LogP contribution < -0.4 is 5.14 Å². The van der Waals surface area contributed by atoms with Crippen LogP contribution in [-0.2, 0) is 10.0 Å². The number of rotatable bonds is 3. The first-order valence-electron chi connectivity index (χ1n) is 7.14. The van der Waals surface area contributed by atoms with Gasteiger partial charge in [0.2, 0.25) is 10.0 Å². The van der Waals surface area contributed by atoms with Crippen LogP contribution in [0.25, 0.3) is 22.3 Å². The molecule has 3 aromatic carbocycles. The molecule has 0 atom stereocenters. The number of benzene rings is 3. The average Bonchev–Trinajstić information content (AvgIpc) is 2.57. The van der Waals surface area contributed by atoms with Crippen molar-refractivity contribution in [1.29, 1.82) is 0 Å². The molecule has 0 aliphatic heterocycles. The third kappa shape index (κ3) is 3.57. The highest BCUT2D eigenvalue weighted by atomic mass is 32.2. The van der Waals surface area contributed by atoms with E-state index in [2.05, 4.69) is 0 Å². The first kappa shape index (κ1) is 17.2. The molecule has 0 aliphatic rings. The number of hydrogen-bond donors (Lipinski definition) is 1. The maximum absolute atomic E-state index is 13.7. The molecule has 0 saturated carbocycles. The van der Waals surface area contributed by atoms with Crippen LogP contribution in [-0.4, -0.2) is 8.42 Å². The second-order valence-electron chi connectivity index (χ2n) is 5.39. The molecular weight excluding hydrogens is 351 g/mol. The molecular formula is C18H12F3NO2S. The van der Waals surface area contributed by atoms with Crippen molar-refractivity contribution >= 4 is 10.0 Å². The molecule has 7 heteroatoms. The SMILES string of the molecule is NS(=O)(=O)c1ccc(-c2cc(F)c(F)cc2-c2ccc(F)cc2)cc1. The molecule has 0 fully saturated rings. The molecule has 0 aliphatic carbocycles. The summed E-state index contributed by atoms with van der Waals surface area (Å²) in [5.41, 5.74) is 1.64. The van der Waals surface area contributed by atoms with Gasteiger partial charge in [-0.25, -0.2) is 26.7 Å². The van der Waals surface area contributed by atoms with E-state index in [1.807, 2.05) is 0 Å². The molecule has 128 valence electrons. The average molecular weight is 363 g/mol. The van der Waals surface area contributed by atoms with Crippen LogP contribution in [0, 0.1) is 17.5 Å². The zero-order valence-electron chi connectivity index (χ0n) is 12.7. The van der Waals surface area contributed by atoms with Crippen LogP contribution in [0.1, 0.15) is 0 Å². The molecule has 2 N–H and O–H groups in total. The van der Waals surface area contributed by atoms with Gasteiger partial charge < -0.3 is 0 Å². The third-order valence-electron chi connectivity index (χ3n) is 3.71. The van der Waals surface area contributed by atoms with Crippen LogP contribution in [0.15, 0.2) is 65.6 Å². The van der Waals surface area contributed by atoms with Crippen molar-refractivity contribution in [2.45, 2.75) is 4.90 Å². The summed E-state index contributed by atoms with van der Waals surface area (Å²) in [7, 11) is -3.86. The third-order valence-corrected chi connectivity index (χ3v) is 4.64. The van der Waals surface area contributed by atoms with E-state index >= 15 is 0 Å². The van der Waals surface area contributed by atoms with Gasteiger partial charge in [0.1, 0.15) is 5.82 Å². The van der Waals surface area contributed by atoms with Gasteiger partial charge in [-0.1, -0.05) is 24.3 Å². The van der Waals surface area contributed by atoms with Crippen molar-refractivity contribution in [3.63, 3.8) is 0 Å². The quantitative estimate of drug-likeness (QED) is 0.762. The molecule has 25 heavy (non-hydrogen) atoms. The minimum Gasteiger partial charge on any atom is -0.225 e. The number of nitrogens with two attached hydrogens (primary N) is 1. The number of hydrogen-bond acceptors (Lipinski definition) is 2. The Balaban J connectivity index is 2.18. The van der Waals surface area contributed by atoms with Crippen LogP contribution in [0.3, 0.4) is 0 Å². The molecule has 3 rings (SSSR count). The van der Waals surface area contributed by atoms with Gasteiger partial charge in [0.15, 0.2) is 11.6 Å². The first-order chi connectivity index (χ1) is 11.8. The predicted molar refractivity (Wildman–Crippen MR) is 88.6 cm³/mol. The molecule has 0 unspecified atom stereocenters. The van der Waals surface area contributed by atoms with Crippen LogP contribution in [0.2, 0.25) is 0 Å². The van der Waals surface area contributed by atoms with E-state index in [0.29, 0.717) is 22.3 Å². The zero-order chi connectivity index (χ0) is 18.2. The van der Waals surface area contributed by atoms with Crippen LogP contribution >= 0.6 is 0 Å². The number of sulfonamides is 1. The Morgan fingerprint density at radius 1 is 0.680 bits per heavy atom. The zero-order valence-corrected chi connectivity index (χ0v) is 13.5. The molecule has 0 saturated heterocycles. The Hall–Kier alpha value is -2.64. The van der Waals surface area contributed by atoms with Crippen LogP contribution in [0.4, 0.5) is 13.2 Å². The maximum Gasteiger partial charge on any atom is 0.238 e. The highest BCUT2D eigenvalue weighted by Crippen LogP contribution is 2.34. The minimum atomic E-state index is -3.86. The lowest BCUT2D eigenvalue weighted by atomic mass is 9.94. The standard InChI is InChI=1S/C18H12F3NO2S/c19-13-5-1-11(2-6-13)15-9-17(20)18(21)10-16(15)12-3-7-14(8-4-12)25(22,23)24/h1-10H,(H2,22,23,24). The van der Waals surface area contributed by atoms with Gasteiger partial charge in [-0.05, 0) is 58.7 Å². The van der Waals surface area contributed by atoms with Gasteiger partial charge in [-0.15, -0.1) is 0 Å². The van der Waals surface area contributed by atoms with Crippen LogP contribution in [0.5, 0.6) is 0 Å². The first-order valence-corrected chi connectivity index (χ1v) is 8.68. The summed E-state index contributed by atoms with van der Waals surface area (Å²) in [6.45, 7) is 0. The molecule has 3 nitrogen and oxygen atoms in total. The topological polar surface area (TPSA) is 60.2 Å². The van der Waals surface area contributed by atoms with E-state index in [1.54, 1.807) is 0 Å². The van der Waals surface area contributed by atoms with E-state index in [0.717, 1.165) is 12.1 Å². The molecule has 3 aromatic rings. The van der Waals surface area contributed by atoms with Crippen molar-refractivity contribution in [2.75, 3.05) is 0 Å². The van der Waals surface area contributed by atoms with Gasteiger partial charge in [-0.2, -0.15) is 0 Å². The highest BCUT2D eigenvalue weighted by molar-refractivity contribution is 7.89. The number of halogens is 3.